The van der Waals surface area contributed by atoms with Crippen molar-refractivity contribution in [1.29, 1.82) is 0 Å². The predicted octanol–water partition coefficient (Wildman–Crippen LogP) is 3.37. The van der Waals surface area contributed by atoms with E-state index in [0.717, 1.165) is 24.8 Å². The summed E-state index contributed by atoms with van der Waals surface area (Å²) >= 11 is 0. The van der Waals surface area contributed by atoms with Crippen LogP contribution in [0, 0.1) is 11.3 Å². The highest BCUT2D eigenvalue weighted by Gasteiger charge is 2.45. The molecule has 0 aliphatic carbocycles. The summed E-state index contributed by atoms with van der Waals surface area (Å²) in [7, 11) is 1.60. The summed E-state index contributed by atoms with van der Waals surface area (Å²) in [6.07, 6.45) is 1.23. The van der Waals surface area contributed by atoms with E-state index in [1.165, 1.54) is 0 Å². The molecule has 2 heterocycles. The van der Waals surface area contributed by atoms with Gasteiger partial charge >= 0.3 is 0 Å². The van der Waals surface area contributed by atoms with E-state index in [1.54, 1.807) is 18.0 Å². The highest BCUT2D eigenvalue weighted by Crippen LogP contribution is 2.32. The highest BCUT2D eigenvalue weighted by molar-refractivity contribution is 5.83. The van der Waals surface area contributed by atoms with Crippen LogP contribution in [0.3, 0.4) is 0 Å². The van der Waals surface area contributed by atoms with E-state index in [9.17, 15) is 20.1 Å². The Labute approximate surface area is 231 Å². The molecule has 6 unspecified atom stereocenters. The van der Waals surface area contributed by atoms with Crippen molar-refractivity contribution in [2.75, 3.05) is 13.7 Å². The van der Waals surface area contributed by atoms with Crippen molar-refractivity contribution in [3.05, 3.63) is 30.5 Å². The average molecular weight is 548 g/mol. The third-order valence-corrected chi connectivity index (χ3v) is 7.30. The van der Waals surface area contributed by atoms with Gasteiger partial charge in [-0.1, -0.05) is 57.9 Å². The van der Waals surface area contributed by atoms with Crippen LogP contribution in [0.2, 0.25) is 0 Å². The molecule has 0 saturated carbocycles. The fourth-order valence-corrected chi connectivity index (χ4v) is 4.64. The molecule has 1 aliphatic rings. The summed E-state index contributed by atoms with van der Waals surface area (Å²) in [5.74, 6) is 0.471. The average Bonchev–Trinajstić information content (AvgIpc) is 3.39. The zero-order valence-electron chi connectivity index (χ0n) is 23.8. The second-order valence-corrected chi connectivity index (χ2v) is 11.4. The molecule has 10 nitrogen and oxygen atoms in total. The monoisotopic (exact) mass is 547 g/mol. The molecule has 6 atom stereocenters. The van der Waals surface area contributed by atoms with Crippen molar-refractivity contribution in [2.24, 2.45) is 11.3 Å². The van der Waals surface area contributed by atoms with E-state index in [4.69, 9.17) is 14.2 Å². The van der Waals surface area contributed by atoms with Gasteiger partial charge in [-0.2, -0.15) is 0 Å². The van der Waals surface area contributed by atoms with Gasteiger partial charge in [0.05, 0.1) is 38.7 Å². The van der Waals surface area contributed by atoms with E-state index < -0.39 is 36.6 Å². The first-order valence-electron chi connectivity index (χ1n) is 13.9. The first-order valence-corrected chi connectivity index (χ1v) is 13.9. The van der Waals surface area contributed by atoms with Crippen molar-refractivity contribution >= 4 is 5.78 Å². The van der Waals surface area contributed by atoms with Gasteiger partial charge in [-0.05, 0) is 31.4 Å². The molecule has 218 valence electrons. The van der Waals surface area contributed by atoms with E-state index in [0.29, 0.717) is 30.7 Å². The molecule has 3 N–H and O–H groups in total. The molecule has 1 aromatic carbocycles. The van der Waals surface area contributed by atoms with Gasteiger partial charge in [-0.3, -0.25) is 4.79 Å². The SMILES string of the molecule is CCC(O)COC1OC(Cn2cc(-c3cccc(OC)c3)nn2)C(O)C(O)C1CCCCCC(=O)C(C)(C)C. The number of hydrogen-bond donors (Lipinski definition) is 3. The lowest BCUT2D eigenvalue weighted by Gasteiger charge is -2.43. The lowest BCUT2D eigenvalue weighted by Crippen LogP contribution is -2.56. The molecular formula is C29H45N3O7. The number of ketones is 1. The number of aliphatic hydroxyl groups is 3. The van der Waals surface area contributed by atoms with Gasteiger partial charge < -0.3 is 29.5 Å². The molecule has 1 saturated heterocycles. The Morgan fingerprint density at radius 2 is 1.95 bits per heavy atom. The van der Waals surface area contributed by atoms with Crippen molar-refractivity contribution in [1.82, 2.24) is 15.0 Å². The number of carbonyl (C=O) groups excluding carboxylic acids is 1. The molecule has 0 bridgehead atoms. The molecule has 3 rings (SSSR count). The topological polar surface area (TPSA) is 136 Å². The van der Waals surface area contributed by atoms with Crippen LogP contribution in [0.25, 0.3) is 11.3 Å². The van der Waals surface area contributed by atoms with E-state index in [2.05, 4.69) is 10.3 Å². The molecule has 0 amide bonds. The fourth-order valence-electron chi connectivity index (χ4n) is 4.64. The third-order valence-electron chi connectivity index (χ3n) is 7.30. The van der Waals surface area contributed by atoms with Crippen LogP contribution in [0.1, 0.15) is 66.2 Å². The van der Waals surface area contributed by atoms with Crippen LogP contribution in [-0.2, 0) is 20.8 Å². The minimum Gasteiger partial charge on any atom is -0.497 e. The second-order valence-electron chi connectivity index (χ2n) is 11.4. The predicted molar refractivity (Wildman–Crippen MR) is 146 cm³/mol. The summed E-state index contributed by atoms with van der Waals surface area (Å²) < 4.78 is 18.9. The maximum absolute atomic E-state index is 12.2. The number of nitrogens with zero attached hydrogens (tertiary/aromatic N) is 3. The summed E-state index contributed by atoms with van der Waals surface area (Å²) in [5, 5.41) is 40.5. The summed E-state index contributed by atoms with van der Waals surface area (Å²) in [6.45, 7) is 7.86. The number of benzene rings is 1. The normalized spacial score (nSPS) is 24.5. The molecular weight excluding hydrogens is 502 g/mol. The third kappa shape index (κ3) is 8.81. The Morgan fingerprint density at radius 1 is 1.18 bits per heavy atom. The maximum atomic E-state index is 12.2. The highest BCUT2D eigenvalue weighted by atomic mass is 16.7. The number of methoxy groups -OCH3 is 1. The standard InChI is InChI=1S/C29H45N3O7/c1-6-20(33)18-38-28-22(13-8-7-9-14-25(34)29(2,3)4)26(35)27(36)24(39-28)17-32-16-23(30-31-32)19-11-10-12-21(15-19)37-5/h10-12,15-16,20,22,24,26-28,33,35-36H,6-9,13-14,17-18H2,1-5H3. The molecule has 1 aromatic heterocycles. The van der Waals surface area contributed by atoms with Gasteiger partial charge in [0.1, 0.15) is 29.4 Å². The number of aliphatic hydroxyl groups excluding tert-OH is 3. The summed E-state index contributed by atoms with van der Waals surface area (Å²) in [5.41, 5.74) is 1.14. The summed E-state index contributed by atoms with van der Waals surface area (Å²) in [4.78, 5) is 12.2. The molecule has 0 spiro atoms. The number of rotatable bonds is 14. The van der Waals surface area contributed by atoms with Crippen molar-refractivity contribution < 1.29 is 34.3 Å². The zero-order chi connectivity index (χ0) is 28.6. The van der Waals surface area contributed by atoms with E-state index in [1.807, 2.05) is 52.0 Å². The quantitative estimate of drug-likeness (QED) is 0.304. The minimum atomic E-state index is -1.15. The maximum Gasteiger partial charge on any atom is 0.163 e. The van der Waals surface area contributed by atoms with Gasteiger partial charge in [0.15, 0.2) is 6.29 Å². The van der Waals surface area contributed by atoms with Gasteiger partial charge in [-0.15, -0.1) is 5.10 Å². The Hall–Kier alpha value is -2.37. The first kappa shape index (κ1) is 31.2. The number of aromatic nitrogens is 3. The number of carbonyl (C=O) groups is 1. The van der Waals surface area contributed by atoms with Gasteiger partial charge in [0, 0.05) is 23.3 Å². The van der Waals surface area contributed by atoms with Crippen LogP contribution >= 0.6 is 0 Å². The smallest absolute Gasteiger partial charge is 0.163 e. The van der Waals surface area contributed by atoms with Gasteiger partial charge in [0.2, 0.25) is 0 Å². The molecule has 2 aromatic rings. The van der Waals surface area contributed by atoms with Crippen LogP contribution in [-0.4, -0.2) is 80.5 Å². The van der Waals surface area contributed by atoms with E-state index >= 15 is 0 Å². The van der Waals surface area contributed by atoms with Crippen molar-refractivity contribution in [3.63, 3.8) is 0 Å². The number of unbranched alkanes of at least 4 members (excludes halogenated alkanes) is 2. The fraction of sp³-hybridized carbons (Fsp3) is 0.690. The Bertz CT molecular complexity index is 1040. The lowest BCUT2D eigenvalue weighted by atomic mass is 9.85. The number of hydrogen-bond acceptors (Lipinski definition) is 9. The molecule has 10 heteroatoms. The van der Waals surface area contributed by atoms with Crippen LogP contribution < -0.4 is 4.74 Å². The number of Topliss-reactive ketones (excluding diaryl/α,β-unsaturated/α-hetero) is 1. The van der Waals surface area contributed by atoms with Gasteiger partial charge in [0.25, 0.3) is 0 Å². The number of ether oxygens (including phenoxy) is 3. The minimum absolute atomic E-state index is 0.0661. The van der Waals surface area contributed by atoms with Gasteiger partial charge in [-0.25, -0.2) is 4.68 Å². The summed E-state index contributed by atoms with van der Waals surface area (Å²) in [6, 6.07) is 7.47. The Kier molecular flexibility index (Phi) is 11.4. The lowest BCUT2D eigenvalue weighted by molar-refractivity contribution is -0.288. The molecule has 0 radical (unpaired) electrons. The van der Waals surface area contributed by atoms with Crippen molar-refractivity contribution in [2.45, 2.75) is 103 Å². The van der Waals surface area contributed by atoms with Crippen LogP contribution in [0.4, 0.5) is 0 Å². The molecule has 39 heavy (non-hydrogen) atoms. The van der Waals surface area contributed by atoms with Crippen molar-refractivity contribution in [3.8, 4) is 17.0 Å². The van der Waals surface area contributed by atoms with E-state index in [-0.39, 0.29) is 24.3 Å². The Morgan fingerprint density at radius 3 is 2.64 bits per heavy atom. The Balaban J connectivity index is 1.63. The van der Waals surface area contributed by atoms with Crippen LogP contribution in [0.15, 0.2) is 30.5 Å². The second kappa shape index (κ2) is 14.3. The van der Waals surface area contributed by atoms with Crippen LogP contribution in [0.5, 0.6) is 5.75 Å². The molecule has 1 fully saturated rings. The zero-order valence-corrected chi connectivity index (χ0v) is 23.8. The molecule has 1 aliphatic heterocycles. The largest absolute Gasteiger partial charge is 0.497 e. The first-order chi connectivity index (χ1) is 18.5.